The number of nitrogens with zero attached hydrogens (tertiary/aromatic N) is 1. The normalized spacial score (nSPS) is 15.4. The van der Waals surface area contributed by atoms with Gasteiger partial charge < -0.3 is 24.4 Å². The molecule has 1 heterocycles. The summed E-state index contributed by atoms with van der Waals surface area (Å²) in [5.41, 5.74) is 0. The summed E-state index contributed by atoms with van der Waals surface area (Å²) in [6, 6.07) is 13.2. The topological polar surface area (TPSA) is 60.0 Å². The number of carbonyl (C=O) groups excluding carboxylic acids is 1. The Morgan fingerprint density at radius 2 is 1.77 bits per heavy atom. The number of halogens is 1. The highest BCUT2D eigenvalue weighted by Gasteiger charge is 2.25. The van der Waals surface area contributed by atoms with Gasteiger partial charge in [0.2, 0.25) is 0 Å². The van der Waals surface area contributed by atoms with Gasteiger partial charge in [-0.05, 0) is 50.2 Å². The minimum absolute atomic E-state index is 0.0508. The number of ether oxygens (including phenoxy) is 3. The number of benzene rings is 2. The molecule has 2 aromatic rings. The Labute approximate surface area is 176 Å². The number of hydrogen-bond acceptors (Lipinski definition) is 4. The summed E-state index contributed by atoms with van der Waals surface area (Å²) in [6.07, 6.45) is 1.57. The molecule has 1 fully saturated rings. The molecule has 1 N–H and O–H groups in total. The van der Waals surface area contributed by atoms with Crippen LogP contribution in [0, 0.1) is 5.82 Å². The van der Waals surface area contributed by atoms with Gasteiger partial charge in [0.25, 0.3) is 0 Å². The average Bonchev–Trinajstić information content (AvgIpc) is 2.75. The van der Waals surface area contributed by atoms with Crippen molar-refractivity contribution in [2.75, 3.05) is 26.3 Å². The number of urea groups is 1. The molecule has 0 spiro atoms. The molecule has 3 rings (SSSR count). The summed E-state index contributed by atoms with van der Waals surface area (Å²) in [6.45, 7) is 5.96. The number of carbonyl (C=O) groups is 1. The second-order valence-corrected chi connectivity index (χ2v) is 7.30. The van der Waals surface area contributed by atoms with Crippen LogP contribution in [0.25, 0.3) is 0 Å². The third-order valence-electron chi connectivity index (χ3n) is 4.86. The Kier molecular flexibility index (Phi) is 7.76. The van der Waals surface area contributed by atoms with Crippen LogP contribution in [-0.4, -0.2) is 49.4 Å². The SMILES string of the molecule is CCOc1ccccc1OC1CCN(C(=O)NC(C)COc2ccc(F)cc2)CC1. The van der Waals surface area contributed by atoms with E-state index in [9.17, 15) is 9.18 Å². The lowest BCUT2D eigenvalue weighted by Crippen LogP contribution is -2.49. The van der Waals surface area contributed by atoms with Crippen molar-refractivity contribution in [3.8, 4) is 17.2 Å². The van der Waals surface area contributed by atoms with Crippen molar-refractivity contribution in [2.45, 2.75) is 38.8 Å². The molecule has 1 atom stereocenters. The molecule has 1 unspecified atom stereocenters. The molecule has 0 radical (unpaired) electrons. The zero-order valence-electron chi connectivity index (χ0n) is 17.5. The first-order valence-corrected chi connectivity index (χ1v) is 10.4. The summed E-state index contributed by atoms with van der Waals surface area (Å²) in [4.78, 5) is 14.3. The van der Waals surface area contributed by atoms with Gasteiger partial charge in [-0.2, -0.15) is 0 Å². The van der Waals surface area contributed by atoms with Gasteiger partial charge in [0, 0.05) is 25.9 Å². The highest BCUT2D eigenvalue weighted by molar-refractivity contribution is 5.74. The van der Waals surface area contributed by atoms with Crippen molar-refractivity contribution in [1.82, 2.24) is 10.2 Å². The molecule has 1 aliphatic rings. The van der Waals surface area contributed by atoms with Crippen LogP contribution in [0.5, 0.6) is 17.2 Å². The van der Waals surface area contributed by atoms with Crippen molar-refractivity contribution >= 4 is 6.03 Å². The van der Waals surface area contributed by atoms with E-state index in [1.165, 1.54) is 12.1 Å². The second kappa shape index (κ2) is 10.7. The fourth-order valence-corrected chi connectivity index (χ4v) is 3.27. The van der Waals surface area contributed by atoms with Crippen molar-refractivity contribution in [3.05, 3.63) is 54.3 Å². The molecular weight excluding hydrogens is 387 g/mol. The first-order chi connectivity index (χ1) is 14.5. The number of piperidine rings is 1. The first-order valence-electron chi connectivity index (χ1n) is 10.4. The van der Waals surface area contributed by atoms with Crippen molar-refractivity contribution in [3.63, 3.8) is 0 Å². The van der Waals surface area contributed by atoms with E-state index >= 15 is 0 Å². The molecular formula is C23H29FN2O4. The lowest BCUT2D eigenvalue weighted by molar-refractivity contribution is 0.106. The maximum atomic E-state index is 12.9. The number of nitrogens with one attached hydrogen (secondary N) is 1. The standard InChI is InChI=1S/C23H29FN2O4/c1-3-28-21-6-4-5-7-22(21)30-20-12-14-26(15-13-20)23(27)25-17(2)16-29-19-10-8-18(24)9-11-19/h4-11,17,20H,3,12-16H2,1-2H3,(H,25,27). The zero-order chi connectivity index (χ0) is 21.3. The van der Waals surface area contributed by atoms with Gasteiger partial charge >= 0.3 is 6.03 Å². The van der Waals surface area contributed by atoms with Gasteiger partial charge in [0.1, 0.15) is 24.3 Å². The molecule has 0 saturated carbocycles. The van der Waals surface area contributed by atoms with E-state index in [0.717, 1.165) is 24.3 Å². The van der Waals surface area contributed by atoms with Gasteiger partial charge in [-0.15, -0.1) is 0 Å². The first kappa shape index (κ1) is 21.7. The third kappa shape index (κ3) is 6.27. The molecule has 1 saturated heterocycles. The molecule has 6 nitrogen and oxygen atoms in total. The summed E-state index contributed by atoms with van der Waals surface area (Å²) < 4.78 is 30.3. The maximum Gasteiger partial charge on any atom is 0.317 e. The van der Waals surface area contributed by atoms with Gasteiger partial charge in [-0.1, -0.05) is 12.1 Å². The van der Waals surface area contributed by atoms with Gasteiger partial charge in [-0.25, -0.2) is 9.18 Å². The zero-order valence-corrected chi connectivity index (χ0v) is 17.5. The highest BCUT2D eigenvalue weighted by atomic mass is 19.1. The molecule has 30 heavy (non-hydrogen) atoms. The van der Waals surface area contributed by atoms with Crippen LogP contribution in [0.1, 0.15) is 26.7 Å². The molecule has 1 aliphatic heterocycles. The van der Waals surface area contributed by atoms with Gasteiger partial charge in [0.05, 0.1) is 12.6 Å². The third-order valence-corrected chi connectivity index (χ3v) is 4.86. The van der Waals surface area contributed by atoms with E-state index in [2.05, 4.69) is 5.32 Å². The quantitative estimate of drug-likeness (QED) is 0.699. The Balaban J connectivity index is 1.41. The van der Waals surface area contributed by atoms with Crippen LogP contribution >= 0.6 is 0 Å². The van der Waals surface area contributed by atoms with Crippen molar-refractivity contribution in [2.24, 2.45) is 0 Å². The van der Waals surface area contributed by atoms with Crippen molar-refractivity contribution in [1.29, 1.82) is 0 Å². The molecule has 2 amide bonds. The Bertz CT molecular complexity index is 807. The van der Waals surface area contributed by atoms with E-state index in [4.69, 9.17) is 14.2 Å². The fourth-order valence-electron chi connectivity index (χ4n) is 3.27. The van der Waals surface area contributed by atoms with E-state index in [1.54, 1.807) is 17.0 Å². The van der Waals surface area contributed by atoms with Crippen LogP contribution < -0.4 is 19.5 Å². The average molecular weight is 416 g/mol. The van der Waals surface area contributed by atoms with Gasteiger partial charge in [0.15, 0.2) is 11.5 Å². The summed E-state index contributed by atoms with van der Waals surface area (Å²) in [5.74, 6) is 1.75. The number of hydrogen-bond donors (Lipinski definition) is 1. The molecule has 2 aromatic carbocycles. The second-order valence-electron chi connectivity index (χ2n) is 7.30. The van der Waals surface area contributed by atoms with E-state index in [1.807, 2.05) is 38.1 Å². The van der Waals surface area contributed by atoms with Crippen LogP contribution in [0.4, 0.5) is 9.18 Å². The lowest BCUT2D eigenvalue weighted by Gasteiger charge is -2.33. The number of para-hydroxylation sites is 2. The summed E-state index contributed by atoms with van der Waals surface area (Å²) >= 11 is 0. The Hall–Kier alpha value is -2.96. The molecule has 0 bridgehead atoms. The largest absolute Gasteiger partial charge is 0.491 e. The number of rotatable bonds is 8. The minimum Gasteiger partial charge on any atom is -0.491 e. The smallest absolute Gasteiger partial charge is 0.317 e. The van der Waals surface area contributed by atoms with Crippen LogP contribution in [0.15, 0.2) is 48.5 Å². The highest BCUT2D eigenvalue weighted by Crippen LogP contribution is 2.29. The van der Waals surface area contributed by atoms with E-state index < -0.39 is 0 Å². The predicted octanol–water partition coefficient (Wildman–Crippen LogP) is 4.24. The van der Waals surface area contributed by atoms with Gasteiger partial charge in [-0.3, -0.25) is 0 Å². The van der Waals surface area contributed by atoms with Crippen LogP contribution in [0.3, 0.4) is 0 Å². The summed E-state index contributed by atoms with van der Waals surface area (Å²) in [5, 5.41) is 2.95. The lowest BCUT2D eigenvalue weighted by atomic mass is 10.1. The molecule has 7 heteroatoms. The van der Waals surface area contributed by atoms with Crippen LogP contribution in [-0.2, 0) is 0 Å². The minimum atomic E-state index is -0.308. The van der Waals surface area contributed by atoms with Crippen molar-refractivity contribution < 1.29 is 23.4 Å². The summed E-state index contributed by atoms with van der Waals surface area (Å²) in [7, 11) is 0. The maximum absolute atomic E-state index is 12.9. The molecule has 0 aliphatic carbocycles. The Morgan fingerprint density at radius 3 is 2.43 bits per heavy atom. The molecule has 0 aromatic heterocycles. The van der Waals surface area contributed by atoms with E-state index in [-0.39, 0.29) is 24.0 Å². The predicted molar refractivity (Wildman–Crippen MR) is 113 cm³/mol. The number of likely N-dealkylation sites (tertiary alicyclic amines) is 1. The Morgan fingerprint density at radius 1 is 1.10 bits per heavy atom. The number of amides is 2. The van der Waals surface area contributed by atoms with E-state index in [0.29, 0.717) is 32.1 Å². The monoisotopic (exact) mass is 416 g/mol. The van der Waals surface area contributed by atoms with Crippen LogP contribution in [0.2, 0.25) is 0 Å². The fraction of sp³-hybridized carbons (Fsp3) is 0.435. The molecule has 162 valence electrons.